The van der Waals surface area contributed by atoms with Crippen LogP contribution in [0.5, 0.6) is 0 Å². The summed E-state index contributed by atoms with van der Waals surface area (Å²) in [5.74, 6) is -1.05. The van der Waals surface area contributed by atoms with Crippen molar-refractivity contribution in [1.29, 1.82) is 5.26 Å². The number of ketones is 2. The van der Waals surface area contributed by atoms with E-state index in [-0.39, 0.29) is 41.2 Å². The molecule has 1 saturated heterocycles. The summed E-state index contributed by atoms with van der Waals surface area (Å²) < 4.78 is 45.6. The molecule has 0 bridgehead atoms. The Morgan fingerprint density at radius 1 is 1.07 bits per heavy atom. The standard InChI is InChI=1S/C35H53F3N2O4/c1-21-18-28(3,4)13-15-33(21,27(43)40-20-35(36,37)38)16-14-29(5,6)31(9)12-11-23-30(7,8)25(42)34(19-39)26(44-34)32(23,10)24(31)17-22(2)41/h21,23-24,26H,11-18,20H2,1-10H3,(H,40,43)/t21?,23-,24-,26+,31+,32-,33-,34-/m0/s1. The summed E-state index contributed by atoms with van der Waals surface area (Å²) in [6.07, 6.45) is -0.293. The lowest BCUT2D eigenvalue weighted by atomic mass is 9.37. The molecule has 1 unspecified atom stereocenters. The lowest BCUT2D eigenvalue weighted by Gasteiger charge is -2.65. The average molecular weight is 623 g/mol. The number of nitrogens with one attached hydrogen (secondary N) is 1. The zero-order valence-corrected chi connectivity index (χ0v) is 28.4. The molecular weight excluding hydrogens is 569 g/mol. The highest BCUT2D eigenvalue weighted by atomic mass is 19.4. The van der Waals surface area contributed by atoms with Crippen LogP contribution in [0.4, 0.5) is 13.2 Å². The Hall–Kier alpha value is -1.95. The number of alkyl halides is 3. The van der Waals surface area contributed by atoms with Gasteiger partial charge in [-0.2, -0.15) is 18.4 Å². The summed E-state index contributed by atoms with van der Waals surface area (Å²) in [6.45, 7) is 19.0. The molecule has 4 fully saturated rings. The molecule has 1 heterocycles. The Balaban J connectivity index is 1.71. The number of carbonyl (C=O) groups excluding carboxylic acids is 3. The Kier molecular flexibility index (Phi) is 8.36. The molecule has 0 aromatic carbocycles. The molecule has 1 amide bonds. The van der Waals surface area contributed by atoms with Crippen LogP contribution in [0.2, 0.25) is 0 Å². The van der Waals surface area contributed by atoms with Gasteiger partial charge in [0, 0.05) is 17.3 Å². The zero-order valence-electron chi connectivity index (χ0n) is 28.4. The van der Waals surface area contributed by atoms with E-state index in [0.717, 1.165) is 25.7 Å². The minimum absolute atomic E-state index is 0.00297. The van der Waals surface area contributed by atoms with Crippen molar-refractivity contribution >= 4 is 17.5 Å². The summed E-state index contributed by atoms with van der Waals surface area (Å²) in [7, 11) is 0. The number of nitriles is 1. The van der Waals surface area contributed by atoms with E-state index >= 15 is 0 Å². The van der Waals surface area contributed by atoms with E-state index < -0.39 is 57.4 Å². The van der Waals surface area contributed by atoms with Crippen LogP contribution < -0.4 is 5.32 Å². The van der Waals surface area contributed by atoms with E-state index in [4.69, 9.17) is 4.74 Å². The van der Waals surface area contributed by atoms with Crippen molar-refractivity contribution in [3.8, 4) is 6.07 Å². The molecular formula is C35H53F3N2O4. The van der Waals surface area contributed by atoms with Gasteiger partial charge < -0.3 is 14.8 Å². The highest BCUT2D eigenvalue weighted by Crippen LogP contribution is 2.74. The normalized spacial score (nSPS) is 41.1. The summed E-state index contributed by atoms with van der Waals surface area (Å²) in [6, 6.07) is 2.20. The highest BCUT2D eigenvalue weighted by Gasteiger charge is 2.82. The van der Waals surface area contributed by atoms with Crippen molar-refractivity contribution in [2.75, 3.05) is 6.54 Å². The third-order valence-corrected chi connectivity index (χ3v) is 13.5. The third-order valence-electron chi connectivity index (χ3n) is 13.5. The minimum atomic E-state index is -4.49. The molecule has 9 heteroatoms. The number of fused-ring (bicyclic) bond motifs is 3. The largest absolute Gasteiger partial charge is 0.405 e. The van der Waals surface area contributed by atoms with Gasteiger partial charge in [-0.15, -0.1) is 0 Å². The molecule has 1 aliphatic heterocycles. The van der Waals surface area contributed by atoms with Gasteiger partial charge in [-0.05, 0) is 85.9 Å². The van der Waals surface area contributed by atoms with Crippen LogP contribution in [0.1, 0.15) is 121 Å². The first-order chi connectivity index (χ1) is 19.9. The molecule has 3 saturated carbocycles. The maximum absolute atomic E-state index is 13.7. The van der Waals surface area contributed by atoms with Gasteiger partial charge in [-0.25, -0.2) is 0 Å². The first-order valence-corrected chi connectivity index (χ1v) is 16.3. The van der Waals surface area contributed by atoms with Gasteiger partial charge in [-0.1, -0.05) is 62.3 Å². The van der Waals surface area contributed by atoms with Gasteiger partial charge in [0.1, 0.15) is 24.5 Å². The molecule has 0 aromatic heterocycles. The molecule has 3 aliphatic carbocycles. The molecule has 6 nitrogen and oxygen atoms in total. The van der Waals surface area contributed by atoms with E-state index in [1.54, 1.807) is 6.92 Å². The van der Waals surface area contributed by atoms with Gasteiger partial charge in [0.15, 0.2) is 5.78 Å². The number of halogens is 3. The maximum Gasteiger partial charge on any atom is 0.405 e. The predicted molar refractivity (Wildman–Crippen MR) is 161 cm³/mol. The van der Waals surface area contributed by atoms with Gasteiger partial charge in [0.25, 0.3) is 0 Å². The van der Waals surface area contributed by atoms with Gasteiger partial charge in [-0.3, -0.25) is 9.59 Å². The molecule has 248 valence electrons. The molecule has 8 atom stereocenters. The number of Topliss-reactive ketones (excluding diaryl/α,β-unsaturated/α-hetero) is 2. The number of carbonyl (C=O) groups is 3. The molecule has 4 aliphatic rings. The number of amides is 1. The highest BCUT2D eigenvalue weighted by molar-refractivity contribution is 5.99. The number of rotatable bonds is 8. The second-order valence-corrected chi connectivity index (χ2v) is 17.3. The summed E-state index contributed by atoms with van der Waals surface area (Å²) in [5, 5.41) is 12.4. The molecule has 44 heavy (non-hydrogen) atoms. The topological polar surface area (TPSA) is 99.6 Å². The van der Waals surface area contributed by atoms with Crippen molar-refractivity contribution in [2.45, 2.75) is 138 Å². The average Bonchev–Trinajstić information content (AvgIpc) is 3.64. The number of nitrogens with zero attached hydrogens (tertiary/aromatic N) is 1. The van der Waals surface area contributed by atoms with Crippen molar-refractivity contribution in [3.05, 3.63) is 0 Å². The maximum atomic E-state index is 13.7. The summed E-state index contributed by atoms with van der Waals surface area (Å²) in [4.78, 5) is 40.2. The zero-order chi connectivity index (χ0) is 33.5. The van der Waals surface area contributed by atoms with Crippen LogP contribution >= 0.6 is 0 Å². The van der Waals surface area contributed by atoms with E-state index in [1.165, 1.54) is 0 Å². The number of epoxide rings is 1. The fourth-order valence-electron chi connectivity index (χ4n) is 10.5. The second-order valence-electron chi connectivity index (χ2n) is 17.3. The third kappa shape index (κ3) is 5.23. The molecule has 0 aromatic rings. The first kappa shape index (κ1) is 34.9. The monoisotopic (exact) mass is 622 g/mol. The number of hydrogen-bond donors (Lipinski definition) is 1. The van der Waals surface area contributed by atoms with Gasteiger partial charge in [0.2, 0.25) is 11.5 Å². The Morgan fingerprint density at radius 3 is 2.20 bits per heavy atom. The number of ether oxygens (including phenoxy) is 1. The van der Waals surface area contributed by atoms with Crippen LogP contribution in [-0.4, -0.2) is 41.9 Å². The number of hydrogen-bond acceptors (Lipinski definition) is 5. The van der Waals surface area contributed by atoms with Gasteiger partial charge >= 0.3 is 6.18 Å². The van der Waals surface area contributed by atoms with E-state index in [2.05, 4.69) is 52.9 Å². The van der Waals surface area contributed by atoms with Crippen molar-refractivity contribution < 1.29 is 32.3 Å². The predicted octanol–water partition coefficient (Wildman–Crippen LogP) is 7.59. The summed E-state index contributed by atoms with van der Waals surface area (Å²) >= 11 is 0. The molecule has 4 rings (SSSR count). The van der Waals surface area contributed by atoms with Crippen LogP contribution in [0.25, 0.3) is 0 Å². The Bertz CT molecular complexity index is 1250. The SMILES string of the molecule is CC(=O)C[C@@H]1[C@@]2(C)[C@H]3O[C@@]3(C#N)C(=O)C(C)(C)[C@@H]2CC[C@@]1(C)C(C)(C)CC[C@@]1(C(=O)NCC(F)(F)F)CCC(C)(C)CC1C. The van der Waals surface area contributed by atoms with E-state index in [1.807, 2.05) is 20.8 Å². The summed E-state index contributed by atoms with van der Waals surface area (Å²) in [5.41, 5.74) is -4.71. The Morgan fingerprint density at radius 2 is 1.68 bits per heavy atom. The second kappa shape index (κ2) is 10.5. The first-order valence-electron chi connectivity index (χ1n) is 16.3. The van der Waals surface area contributed by atoms with Crippen molar-refractivity contribution in [2.24, 2.45) is 50.2 Å². The van der Waals surface area contributed by atoms with E-state index in [0.29, 0.717) is 19.3 Å². The van der Waals surface area contributed by atoms with Crippen LogP contribution in [0.3, 0.4) is 0 Å². The molecule has 0 spiro atoms. The molecule has 0 radical (unpaired) electrons. The van der Waals surface area contributed by atoms with E-state index in [9.17, 15) is 32.8 Å². The fourth-order valence-corrected chi connectivity index (χ4v) is 10.5. The van der Waals surface area contributed by atoms with Crippen molar-refractivity contribution in [3.63, 3.8) is 0 Å². The van der Waals surface area contributed by atoms with Crippen LogP contribution in [0, 0.1) is 61.6 Å². The van der Waals surface area contributed by atoms with Crippen molar-refractivity contribution in [1.82, 2.24) is 5.32 Å². The lowest BCUT2D eigenvalue weighted by molar-refractivity contribution is -0.177. The molecule has 1 N–H and O–H groups in total. The van der Waals surface area contributed by atoms with Crippen LogP contribution in [0.15, 0.2) is 0 Å². The lowest BCUT2D eigenvalue weighted by Crippen LogP contribution is -2.65. The van der Waals surface area contributed by atoms with Crippen LogP contribution in [-0.2, 0) is 19.1 Å². The Labute approximate surface area is 261 Å². The fraction of sp³-hybridized carbons (Fsp3) is 0.886. The van der Waals surface area contributed by atoms with Gasteiger partial charge in [0.05, 0.1) is 5.41 Å². The smallest absolute Gasteiger partial charge is 0.346 e. The minimum Gasteiger partial charge on any atom is -0.346 e. The quantitative estimate of drug-likeness (QED) is 0.281.